The Balaban J connectivity index is 0.00000225. The van der Waals surface area contributed by atoms with E-state index in [2.05, 4.69) is 0 Å². The maximum absolute atomic E-state index is 5.83. The number of para-hydroxylation sites is 4. The predicted octanol–water partition coefficient (Wildman–Crippen LogP) is 1.76. The second-order valence-corrected chi connectivity index (χ2v) is 6.23. The molecule has 0 bridgehead atoms. The Labute approximate surface area is 181 Å². The van der Waals surface area contributed by atoms with Gasteiger partial charge in [-0.05, 0) is 24.3 Å². The Morgan fingerprint density at radius 2 is 1.61 bits per heavy atom. The van der Waals surface area contributed by atoms with Gasteiger partial charge in [0.1, 0.15) is 7.05 Å². The Morgan fingerprint density at radius 1 is 0.893 bits per heavy atom. The molecule has 0 amide bonds. The molecule has 1 aromatic heterocycles. The molecule has 142 valence electrons. The molecule has 3 aromatic rings. The van der Waals surface area contributed by atoms with Crippen molar-refractivity contribution in [3.8, 4) is 5.75 Å². The standard InChI is InChI=1S/C23H21N2O2.HI/c1-24-18-12-8-10-14-20(18)26-22(24)16-6-4-3-5-7-17-23-25(2)19-13-9-11-15-21(19)27-23;/h3-17H,1-2H3;1H/q+1;/p-1. The lowest BCUT2D eigenvalue weighted by Crippen LogP contribution is -3.00. The molecule has 2 aromatic carbocycles. The quantitative estimate of drug-likeness (QED) is 0.321. The number of nitrogens with zero attached hydrogens (tertiary/aromatic N) is 2. The van der Waals surface area contributed by atoms with Crippen molar-refractivity contribution >= 4 is 22.9 Å². The molecule has 0 fully saturated rings. The highest BCUT2D eigenvalue weighted by Gasteiger charge is 2.21. The van der Waals surface area contributed by atoms with Gasteiger partial charge in [-0.15, -0.1) is 0 Å². The summed E-state index contributed by atoms with van der Waals surface area (Å²) in [7, 11) is 3.99. The lowest BCUT2D eigenvalue weighted by Gasteiger charge is -2.09. The van der Waals surface area contributed by atoms with Gasteiger partial charge in [0.25, 0.3) is 5.52 Å². The van der Waals surface area contributed by atoms with Crippen LogP contribution in [0.2, 0.25) is 0 Å². The minimum atomic E-state index is 0. The van der Waals surface area contributed by atoms with Crippen LogP contribution in [0.15, 0.2) is 95.3 Å². The summed E-state index contributed by atoms with van der Waals surface area (Å²) in [5.74, 6) is 2.51. The van der Waals surface area contributed by atoms with E-state index in [0.717, 1.165) is 34.3 Å². The second-order valence-electron chi connectivity index (χ2n) is 6.23. The van der Waals surface area contributed by atoms with Crippen LogP contribution in [0.3, 0.4) is 0 Å². The van der Waals surface area contributed by atoms with E-state index in [4.69, 9.17) is 9.15 Å². The van der Waals surface area contributed by atoms with Crippen LogP contribution < -0.4 is 38.2 Å². The highest BCUT2D eigenvalue weighted by Crippen LogP contribution is 2.37. The van der Waals surface area contributed by atoms with E-state index >= 15 is 0 Å². The number of hydrogen-bond donors (Lipinski definition) is 0. The van der Waals surface area contributed by atoms with Crippen LogP contribution in [0, 0.1) is 0 Å². The Hall–Kier alpha value is -2.80. The third-order valence-electron chi connectivity index (χ3n) is 4.47. The van der Waals surface area contributed by atoms with E-state index in [9.17, 15) is 0 Å². The maximum atomic E-state index is 5.83. The van der Waals surface area contributed by atoms with Gasteiger partial charge in [-0.25, -0.2) is 0 Å². The number of benzene rings is 2. The van der Waals surface area contributed by atoms with Crippen molar-refractivity contribution < 1.29 is 37.7 Å². The monoisotopic (exact) mass is 484 g/mol. The molecule has 4 nitrogen and oxygen atoms in total. The van der Waals surface area contributed by atoms with Crippen molar-refractivity contribution in [1.82, 2.24) is 0 Å². The van der Waals surface area contributed by atoms with Crippen LogP contribution >= 0.6 is 0 Å². The van der Waals surface area contributed by atoms with E-state index in [1.165, 1.54) is 0 Å². The van der Waals surface area contributed by atoms with Crippen LogP contribution in [-0.2, 0) is 7.05 Å². The summed E-state index contributed by atoms with van der Waals surface area (Å²) in [6.45, 7) is 0. The number of anilines is 1. The summed E-state index contributed by atoms with van der Waals surface area (Å²) in [6.07, 6.45) is 13.7. The van der Waals surface area contributed by atoms with Gasteiger partial charge in [-0.3, -0.25) is 0 Å². The van der Waals surface area contributed by atoms with Crippen molar-refractivity contribution in [2.24, 2.45) is 7.05 Å². The molecule has 0 atom stereocenters. The first-order chi connectivity index (χ1) is 13.2. The van der Waals surface area contributed by atoms with E-state index in [1.807, 2.05) is 115 Å². The molecule has 0 saturated heterocycles. The van der Waals surface area contributed by atoms with Crippen molar-refractivity contribution in [2.45, 2.75) is 0 Å². The first-order valence-electron chi connectivity index (χ1n) is 8.84. The molecule has 1 aliphatic heterocycles. The molecule has 0 unspecified atom stereocenters. The molecule has 0 N–H and O–H groups in total. The molecular weight excluding hydrogens is 463 g/mol. The van der Waals surface area contributed by atoms with E-state index in [-0.39, 0.29) is 24.0 Å². The Morgan fingerprint density at radius 3 is 2.43 bits per heavy atom. The van der Waals surface area contributed by atoms with E-state index in [0.29, 0.717) is 0 Å². The van der Waals surface area contributed by atoms with Gasteiger partial charge >= 0.3 is 5.89 Å². The molecule has 2 heterocycles. The Kier molecular flexibility index (Phi) is 6.36. The van der Waals surface area contributed by atoms with Gasteiger partial charge in [0, 0.05) is 13.1 Å². The number of fused-ring (bicyclic) bond motifs is 2. The summed E-state index contributed by atoms with van der Waals surface area (Å²) in [5.41, 5.74) is 3.04. The van der Waals surface area contributed by atoms with Crippen LogP contribution in [0.5, 0.6) is 5.75 Å². The normalized spacial score (nSPS) is 15.1. The number of aryl methyl sites for hydroxylation is 1. The summed E-state index contributed by atoms with van der Waals surface area (Å²) in [6, 6.07) is 16.0. The minimum Gasteiger partial charge on any atom is -1.00 e. The van der Waals surface area contributed by atoms with Crippen molar-refractivity contribution in [3.63, 3.8) is 0 Å². The number of ether oxygens (including phenoxy) is 1. The van der Waals surface area contributed by atoms with E-state index < -0.39 is 0 Å². The molecule has 5 heteroatoms. The summed E-state index contributed by atoms with van der Waals surface area (Å²) < 4.78 is 13.7. The fraction of sp³-hybridized carbons (Fsp3) is 0.0870. The number of allylic oxidation sites excluding steroid dienone is 6. The molecule has 4 rings (SSSR count). The number of hydrogen-bond acceptors (Lipinski definition) is 3. The Bertz CT molecular complexity index is 1090. The summed E-state index contributed by atoms with van der Waals surface area (Å²) in [4.78, 5) is 2.03. The van der Waals surface area contributed by atoms with Gasteiger partial charge in [-0.2, -0.15) is 4.57 Å². The molecule has 0 spiro atoms. The first kappa shape index (κ1) is 19.9. The summed E-state index contributed by atoms with van der Waals surface area (Å²) >= 11 is 0. The topological polar surface area (TPSA) is 29.5 Å². The zero-order valence-electron chi connectivity index (χ0n) is 15.7. The number of halogens is 1. The highest BCUT2D eigenvalue weighted by atomic mass is 127. The zero-order valence-corrected chi connectivity index (χ0v) is 17.9. The molecule has 0 radical (unpaired) electrons. The zero-order chi connectivity index (χ0) is 18.6. The van der Waals surface area contributed by atoms with Crippen molar-refractivity contribution in [2.75, 3.05) is 11.9 Å². The van der Waals surface area contributed by atoms with Gasteiger partial charge in [0.05, 0.1) is 11.8 Å². The lowest BCUT2D eigenvalue weighted by atomic mass is 10.3. The average molecular weight is 484 g/mol. The van der Waals surface area contributed by atoms with Gasteiger partial charge in [0.2, 0.25) is 5.58 Å². The SMILES string of the molecule is CN1C(=CC=CC=CC=Cc2oc3ccccc3[n+]2C)Oc2ccccc21.[I-]. The van der Waals surface area contributed by atoms with Crippen molar-refractivity contribution in [3.05, 3.63) is 96.8 Å². The number of oxazole rings is 1. The third-order valence-corrected chi connectivity index (χ3v) is 4.47. The molecule has 28 heavy (non-hydrogen) atoms. The fourth-order valence-corrected chi connectivity index (χ4v) is 3.00. The van der Waals surface area contributed by atoms with Gasteiger partial charge in [0.15, 0.2) is 11.6 Å². The average Bonchev–Trinajstić information content (AvgIpc) is 3.19. The lowest BCUT2D eigenvalue weighted by molar-refractivity contribution is -0.652. The molecule has 0 aliphatic carbocycles. The van der Waals surface area contributed by atoms with Crippen LogP contribution in [0.4, 0.5) is 5.69 Å². The number of rotatable bonds is 4. The highest BCUT2D eigenvalue weighted by molar-refractivity contribution is 5.69. The molecular formula is C23H21IN2O2. The van der Waals surface area contributed by atoms with Crippen LogP contribution in [-0.4, -0.2) is 7.05 Å². The predicted molar refractivity (Wildman–Crippen MR) is 108 cm³/mol. The minimum absolute atomic E-state index is 0. The van der Waals surface area contributed by atoms with Crippen molar-refractivity contribution in [1.29, 1.82) is 0 Å². The number of aromatic nitrogens is 1. The third kappa shape index (κ3) is 4.04. The summed E-state index contributed by atoms with van der Waals surface area (Å²) in [5, 5.41) is 0. The van der Waals surface area contributed by atoms with Crippen LogP contribution in [0.1, 0.15) is 5.89 Å². The van der Waals surface area contributed by atoms with Gasteiger partial charge in [-0.1, -0.05) is 54.6 Å². The van der Waals surface area contributed by atoms with E-state index in [1.54, 1.807) is 0 Å². The van der Waals surface area contributed by atoms with Crippen LogP contribution in [0.25, 0.3) is 17.2 Å². The maximum Gasteiger partial charge on any atom is 0.373 e. The smallest absolute Gasteiger partial charge is 0.373 e. The largest absolute Gasteiger partial charge is 1.00 e. The van der Waals surface area contributed by atoms with Gasteiger partial charge < -0.3 is 38.0 Å². The molecule has 1 aliphatic rings. The second kappa shape index (κ2) is 8.93. The fourth-order valence-electron chi connectivity index (χ4n) is 3.00. The first-order valence-corrected chi connectivity index (χ1v) is 8.84. The molecule has 0 saturated carbocycles.